The molecule has 2 unspecified atom stereocenters. The number of nitrogen functional groups attached to an aromatic ring is 1. The predicted octanol–water partition coefficient (Wildman–Crippen LogP) is 0.871. The Hall–Kier alpha value is -0.850. The molecule has 1 aromatic carbocycles. The highest BCUT2D eigenvalue weighted by Crippen LogP contribution is 2.25. The highest BCUT2D eigenvalue weighted by Gasteiger charge is 2.21. The van der Waals surface area contributed by atoms with Crippen LogP contribution in [0.3, 0.4) is 0 Å². The van der Waals surface area contributed by atoms with Crippen LogP contribution in [-0.4, -0.2) is 22.1 Å². The second-order valence-electron chi connectivity index (χ2n) is 3.09. The number of halogens is 2. The molecule has 15 heavy (non-hydrogen) atoms. The lowest BCUT2D eigenvalue weighted by Gasteiger charge is -2.17. The molecule has 1 rings (SSSR count). The van der Waals surface area contributed by atoms with Gasteiger partial charge < -0.3 is 15.9 Å². The molecule has 4 N–H and O–H groups in total. The summed E-state index contributed by atoms with van der Waals surface area (Å²) in [5.41, 5.74) is 4.69. The van der Waals surface area contributed by atoms with E-state index in [9.17, 15) is 19.0 Å². The van der Waals surface area contributed by atoms with E-state index in [4.69, 9.17) is 5.73 Å². The molecule has 0 aliphatic heterocycles. The van der Waals surface area contributed by atoms with Crippen LogP contribution >= 0.6 is 12.6 Å². The summed E-state index contributed by atoms with van der Waals surface area (Å²) in [5.74, 6) is -1.89. The van der Waals surface area contributed by atoms with E-state index in [1.54, 1.807) is 0 Å². The van der Waals surface area contributed by atoms with E-state index >= 15 is 0 Å². The lowest BCUT2D eigenvalue weighted by atomic mass is 10.0. The summed E-state index contributed by atoms with van der Waals surface area (Å²) in [5, 5.41) is 18.7. The van der Waals surface area contributed by atoms with E-state index in [-0.39, 0.29) is 17.0 Å². The number of anilines is 1. The normalized spacial score (nSPS) is 15.0. The highest BCUT2D eigenvalue weighted by molar-refractivity contribution is 7.80. The van der Waals surface area contributed by atoms with Gasteiger partial charge in [-0.05, 0) is 6.07 Å². The number of nitrogens with two attached hydrogens (primary N) is 1. The molecule has 3 nitrogen and oxygen atoms in total. The first-order chi connectivity index (χ1) is 6.97. The van der Waals surface area contributed by atoms with Crippen molar-refractivity contribution in [1.29, 1.82) is 0 Å². The third-order valence-corrected chi connectivity index (χ3v) is 2.36. The lowest BCUT2D eigenvalue weighted by molar-refractivity contribution is 0.0315. The maximum absolute atomic E-state index is 13.2. The summed E-state index contributed by atoms with van der Waals surface area (Å²) in [6, 6.07) is 1.53. The molecule has 84 valence electrons. The number of hydrogen-bond acceptors (Lipinski definition) is 4. The Morgan fingerprint density at radius 3 is 2.40 bits per heavy atom. The van der Waals surface area contributed by atoms with Crippen LogP contribution in [0.2, 0.25) is 0 Å². The van der Waals surface area contributed by atoms with Crippen LogP contribution in [0.15, 0.2) is 12.1 Å². The fourth-order valence-corrected chi connectivity index (χ4v) is 1.32. The third-order valence-electron chi connectivity index (χ3n) is 1.99. The van der Waals surface area contributed by atoms with E-state index in [1.807, 2.05) is 0 Å². The minimum absolute atomic E-state index is 0.0438. The summed E-state index contributed by atoms with van der Waals surface area (Å²) in [6.45, 7) is 0. The minimum atomic E-state index is -1.47. The van der Waals surface area contributed by atoms with Crippen LogP contribution in [-0.2, 0) is 0 Å². The fraction of sp³-hybridized carbons (Fsp3) is 0.333. The zero-order valence-corrected chi connectivity index (χ0v) is 8.59. The van der Waals surface area contributed by atoms with Crippen molar-refractivity contribution < 1.29 is 19.0 Å². The molecule has 1 aromatic rings. The number of aliphatic hydroxyl groups is 2. The highest BCUT2D eigenvalue weighted by atomic mass is 32.1. The van der Waals surface area contributed by atoms with Gasteiger partial charge in [-0.25, -0.2) is 8.78 Å². The van der Waals surface area contributed by atoms with Crippen molar-refractivity contribution in [2.24, 2.45) is 0 Å². The molecule has 0 aliphatic carbocycles. The van der Waals surface area contributed by atoms with E-state index in [0.717, 1.165) is 6.07 Å². The zero-order valence-electron chi connectivity index (χ0n) is 7.69. The topological polar surface area (TPSA) is 66.5 Å². The Labute approximate surface area is 90.9 Å². The summed E-state index contributed by atoms with van der Waals surface area (Å²) < 4.78 is 26.0. The average Bonchev–Trinajstić information content (AvgIpc) is 2.21. The molecule has 0 spiro atoms. The van der Waals surface area contributed by atoms with Gasteiger partial charge in [-0.3, -0.25) is 0 Å². The van der Waals surface area contributed by atoms with Crippen molar-refractivity contribution in [3.63, 3.8) is 0 Å². The van der Waals surface area contributed by atoms with E-state index in [2.05, 4.69) is 12.6 Å². The van der Waals surface area contributed by atoms with Crippen molar-refractivity contribution in [1.82, 2.24) is 0 Å². The van der Waals surface area contributed by atoms with E-state index in [0.29, 0.717) is 6.07 Å². The summed E-state index contributed by atoms with van der Waals surface area (Å²) in [6.07, 6.45) is -2.70. The molecular formula is C9H11F2NO2S. The van der Waals surface area contributed by atoms with E-state index in [1.165, 1.54) is 0 Å². The summed E-state index contributed by atoms with van der Waals surface area (Å²) in [7, 11) is 0. The maximum atomic E-state index is 13.2. The van der Waals surface area contributed by atoms with Gasteiger partial charge in [-0.1, -0.05) is 0 Å². The van der Waals surface area contributed by atoms with Crippen LogP contribution in [0.1, 0.15) is 11.7 Å². The molecule has 6 heteroatoms. The van der Waals surface area contributed by atoms with Gasteiger partial charge in [-0.15, -0.1) is 0 Å². The number of aliphatic hydroxyl groups excluding tert-OH is 2. The van der Waals surface area contributed by atoms with Gasteiger partial charge in [0.05, 0.1) is 11.8 Å². The number of benzene rings is 1. The molecule has 0 amide bonds. The van der Waals surface area contributed by atoms with Gasteiger partial charge in [-0.2, -0.15) is 12.6 Å². The molecular weight excluding hydrogens is 224 g/mol. The number of hydrogen-bond donors (Lipinski definition) is 4. The molecule has 0 aromatic heterocycles. The van der Waals surface area contributed by atoms with Gasteiger partial charge >= 0.3 is 0 Å². The van der Waals surface area contributed by atoms with Gasteiger partial charge in [0, 0.05) is 17.4 Å². The minimum Gasteiger partial charge on any atom is -0.396 e. The molecule has 0 bridgehead atoms. The second kappa shape index (κ2) is 4.78. The standard InChI is InChI=1S/C9H11F2NO2S/c10-5-2-6(11)7(12)1-4(5)9(14)8(13)3-15/h1-2,8-9,13-15H,3,12H2. The van der Waals surface area contributed by atoms with Crippen LogP contribution in [0.4, 0.5) is 14.5 Å². The number of rotatable bonds is 3. The molecule has 2 atom stereocenters. The van der Waals surface area contributed by atoms with Crippen molar-refractivity contribution in [3.05, 3.63) is 29.3 Å². The summed E-state index contributed by atoms with van der Waals surface area (Å²) >= 11 is 3.75. The van der Waals surface area contributed by atoms with Crippen LogP contribution in [0.25, 0.3) is 0 Å². The number of thiol groups is 1. The molecule has 0 saturated carbocycles. The molecule has 0 aliphatic rings. The smallest absolute Gasteiger partial charge is 0.149 e. The Morgan fingerprint density at radius 2 is 1.87 bits per heavy atom. The van der Waals surface area contributed by atoms with E-state index < -0.39 is 23.8 Å². The quantitative estimate of drug-likeness (QED) is 0.464. The Bertz CT molecular complexity index is 362. The second-order valence-corrected chi connectivity index (χ2v) is 3.46. The van der Waals surface area contributed by atoms with Crippen molar-refractivity contribution in [3.8, 4) is 0 Å². The van der Waals surface area contributed by atoms with Crippen molar-refractivity contribution in [2.75, 3.05) is 11.5 Å². The fourth-order valence-electron chi connectivity index (χ4n) is 1.12. The maximum Gasteiger partial charge on any atom is 0.149 e. The third kappa shape index (κ3) is 2.58. The van der Waals surface area contributed by atoms with Gasteiger partial charge in [0.15, 0.2) is 0 Å². The molecule has 0 saturated heterocycles. The van der Waals surface area contributed by atoms with Crippen molar-refractivity contribution in [2.45, 2.75) is 12.2 Å². The van der Waals surface area contributed by atoms with Crippen molar-refractivity contribution >= 4 is 18.3 Å². The summed E-state index contributed by atoms with van der Waals surface area (Å²) in [4.78, 5) is 0. The van der Waals surface area contributed by atoms with Gasteiger partial charge in [0.25, 0.3) is 0 Å². The van der Waals surface area contributed by atoms with Gasteiger partial charge in [0.1, 0.15) is 17.7 Å². The first-order valence-electron chi connectivity index (χ1n) is 4.18. The average molecular weight is 235 g/mol. The molecule has 0 fully saturated rings. The zero-order chi connectivity index (χ0) is 11.6. The first-order valence-corrected chi connectivity index (χ1v) is 4.82. The monoisotopic (exact) mass is 235 g/mol. The Morgan fingerprint density at radius 1 is 1.27 bits per heavy atom. The largest absolute Gasteiger partial charge is 0.396 e. The van der Waals surface area contributed by atoms with Crippen LogP contribution in [0, 0.1) is 11.6 Å². The first kappa shape index (κ1) is 12.2. The molecule has 0 heterocycles. The van der Waals surface area contributed by atoms with Crippen LogP contribution < -0.4 is 5.73 Å². The molecule has 0 radical (unpaired) electrons. The predicted molar refractivity (Wildman–Crippen MR) is 55.6 cm³/mol. The SMILES string of the molecule is Nc1cc(C(O)C(O)CS)c(F)cc1F. The van der Waals surface area contributed by atoms with Gasteiger partial charge in [0.2, 0.25) is 0 Å². The Balaban J connectivity index is 3.09. The Kier molecular flexibility index (Phi) is 3.90. The van der Waals surface area contributed by atoms with Crippen LogP contribution in [0.5, 0.6) is 0 Å². The lowest BCUT2D eigenvalue weighted by Crippen LogP contribution is -2.21.